The van der Waals surface area contributed by atoms with Crippen molar-refractivity contribution in [3.63, 3.8) is 0 Å². The summed E-state index contributed by atoms with van der Waals surface area (Å²) >= 11 is 0. The Bertz CT molecular complexity index is 279. The van der Waals surface area contributed by atoms with Crippen LogP contribution in [0.25, 0.3) is 0 Å². The van der Waals surface area contributed by atoms with Crippen LogP contribution in [0.3, 0.4) is 0 Å². The summed E-state index contributed by atoms with van der Waals surface area (Å²) in [4.78, 5) is 1.76. The first kappa shape index (κ1) is 14.8. The van der Waals surface area contributed by atoms with Crippen molar-refractivity contribution in [3.8, 4) is 0 Å². The van der Waals surface area contributed by atoms with E-state index in [9.17, 15) is 13.2 Å². The summed E-state index contributed by atoms with van der Waals surface area (Å²) < 4.78 is 36.3. The van der Waals surface area contributed by atoms with Gasteiger partial charge in [0.25, 0.3) is 0 Å². The van der Waals surface area contributed by atoms with E-state index < -0.39 is 11.7 Å². The maximum atomic E-state index is 12.1. The molecule has 0 unspecified atom stereocenters. The van der Waals surface area contributed by atoms with Crippen LogP contribution in [-0.4, -0.2) is 38.3 Å². The van der Waals surface area contributed by atoms with Crippen LogP contribution in [0.1, 0.15) is 0 Å². The van der Waals surface area contributed by atoms with Crippen molar-refractivity contribution in [2.45, 2.75) is 6.18 Å². The summed E-state index contributed by atoms with van der Waals surface area (Å²) in [5, 5.41) is 2.94. The fraction of sp³-hybridized carbons (Fsp3) is 0.455. The fourth-order valence-corrected chi connectivity index (χ4v) is 0.842. The molecule has 0 heterocycles. The van der Waals surface area contributed by atoms with E-state index in [0.29, 0.717) is 12.2 Å². The molecular formula is C11H17F3N2. The molecule has 0 aromatic carbocycles. The Morgan fingerprint density at radius 2 is 1.88 bits per heavy atom. The highest BCUT2D eigenvalue weighted by molar-refractivity contribution is 5.26. The maximum Gasteiger partial charge on any atom is 0.415 e. The summed E-state index contributed by atoms with van der Waals surface area (Å²) in [5.41, 5.74) is -0.365. The lowest BCUT2D eigenvalue weighted by atomic mass is 10.2. The number of rotatable bonds is 6. The third-order valence-electron chi connectivity index (χ3n) is 2.03. The highest BCUT2D eigenvalue weighted by Crippen LogP contribution is 2.25. The predicted molar refractivity (Wildman–Crippen MR) is 60.0 cm³/mol. The van der Waals surface area contributed by atoms with E-state index in [1.807, 2.05) is 0 Å². The number of hydrogen-bond acceptors (Lipinski definition) is 2. The van der Waals surface area contributed by atoms with Crippen LogP contribution in [-0.2, 0) is 0 Å². The van der Waals surface area contributed by atoms with Crippen LogP contribution >= 0.6 is 0 Å². The van der Waals surface area contributed by atoms with Gasteiger partial charge in [-0.1, -0.05) is 13.2 Å². The summed E-state index contributed by atoms with van der Waals surface area (Å²) in [6.45, 7) is 8.02. The normalized spacial score (nSPS) is 11.8. The second-order valence-corrected chi connectivity index (χ2v) is 3.37. The summed E-state index contributed by atoms with van der Waals surface area (Å²) in [6, 6.07) is 0. The lowest BCUT2D eigenvalue weighted by molar-refractivity contribution is -0.0878. The number of likely N-dealkylation sites (N-methyl/N-ethyl adjacent to an activating group) is 2. The van der Waals surface area contributed by atoms with Crippen molar-refractivity contribution >= 4 is 0 Å². The molecule has 0 radical (unpaired) electrons. The molecule has 0 amide bonds. The molecule has 1 N–H and O–H groups in total. The van der Waals surface area contributed by atoms with Gasteiger partial charge in [-0.3, -0.25) is 0 Å². The van der Waals surface area contributed by atoms with Gasteiger partial charge in [0.1, 0.15) is 0 Å². The van der Waals surface area contributed by atoms with Gasteiger partial charge in [-0.05, 0) is 19.2 Å². The molecule has 0 atom stereocenters. The van der Waals surface area contributed by atoms with Crippen molar-refractivity contribution < 1.29 is 13.2 Å². The topological polar surface area (TPSA) is 15.3 Å². The van der Waals surface area contributed by atoms with Gasteiger partial charge in [0.2, 0.25) is 0 Å². The van der Waals surface area contributed by atoms with E-state index in [0.717, 1.165) is 12.6 Å². The largest absolute Gasteiger partial charge is 0.415 e. The second kappa shape index (κ2) is 6.37. The van der Waals surface area contributed by atoms with Gasteiger partial charge in [-0.2, -0.15) is 13.2 Å². The van der Waals surface area contributed by atoms with E-state index in [4.69, 9.17) is 0 Å². The van der Waals surface area contributed by atoms with E-state index in [1.54, 1.807) is 19.0 Å². The molecule has 0 spiro atoms. The number of alkyl halides is 3. The predicted octanol–water partition coefficient (Wildman–Crippen LogP) is 2.33. The molecule has 0 rings (SSSR count). The highest BCUT2D eigenvalue weighted by atomic mass is 19.4. The molecule has 0 bridgehead atoms. The van der Waals surface area contributed by atoms with E-state index in [-0.39, 0.29) is 0 Å². The van der Waals surface area contributed by atoms with Crippen molar-refractivity contribution in [2.75, 3.05) is 27.2 Å². The molecule has 0 aliphatic rings. The van der Waals surface area contributed by atoms with Crippen LogP contribution in [0.2, 0.25) is 0 Å². The highest BCUT2D eigenvalue weighted by Gasteiger charge is 2.29. The molecule has 0 saturated carbocycles. The summed E-state index contributed by atoms with van der Waals surface area (Å²) in [7, 11) is 3.57. The summed E-state index contributed by atoms with van der Waals surface area (Å²) in [5.74, 6) is 0. The smallest absolute Gasteiger partial charge is 0.374 e. The van der Waals surface area contributed by atoms with Gasteiger partial charge < -0.3 is 10.2 Å². The number of halogens is 3. The third kappa shape index (κ3) is 5.60. The first-order valence-electron chi connectivity index (χ1n) is 4.78. The minimum absolute atomic E-state index is 0.514. The molecule has 0 saturated heterocycles. The zero-order valence-corrected chi connectivity index (χ0v) is 9.56. The molecule has 2 nitrogen and oxygen atoms in total. The molecule has 92 valence electrons. The quantitative estimate of drug-likeness (QED) is 0.709. The van der Waals surface area contributed by atoms with E-state index >= 15 is 0 Å². The minimum atomic E-state index is -4.37. The fourth-order valence-electron chi connectivity index (χ4n) is 0.842. The van der Waals surface area contributed by atoms with Crippen molar-refractivity contribution in [1.29, 1.82) is 0 Å². The number of nitrogens with one attached hydrogen (secondary N) is 1. The Kier molecular flexibility index (Phi) is 5.88. The molecule has 0 fully saturated rings. The number of allylic oxidation sites excluding steroid dienone is 3. The molecule has 0 aliphatic heterocycles. The molecular weight excluding hydrogens is 217 g/mol. The number of hydrogen-bond donors (Lipinski definition) is 1. The van der Waals surface area contributed by atoms with E-state index in [1.165, 1.54) is 6.08 Å². The Morgan fingerprint density at radius 1 is 1.31 bits per heavy atom. The first-order valence-corrected chi connectivity index (χ1v) is 4.78. The first-order chi connectivity index (χ1) is 7.29. The van der Waals surface area contributed by atoms with Gasteiger partial charge in [-0.25, -0.2) is 0 Å². The monoisotopic (exact) mass is 234 g/mol. The van der Waals surface area contributed by atoms with Gasteiger partial charge in [0.05, 0.1) is 0 Å². The third-order valence-corrected chi connectivity index (χ3v) is 2.03. The van der Waals surface area contributed by atoms with Crippen molar-refractivity contribution in [1.82, 2.24) is 10.2 Å². The zero-order chi connectivity index (χ0) is 12.8. The van der Waals surface area contributed by atoms with Crippen LogP contribution in [0.5, 0.6) is 0 Å². The Morgan fingerprint density at radius 3 is 2.31 bits per heavy atom. The van der Waals surface area contributed by atoms with Gasteiger partial charge in [0, 0.05) is 31.4 Å². The van der Waals surface area contributed by atoms with Crippen LogP contribution in [0.4, 0.5) is 13.2 Å². The Hall–Kier alpha value is -1.23. The maximum absolute atomic E-state index is 12.1. The zero-order valence-electron chi connectivity index (χ0n) is 9.56. The minimum Gasteiger partial charge on any atom is -0.374 e. The summed E-state index contributed by atoms with van der Waals surface area (Å²) in [6.07, 6.45) is -2.13. The van der Waals surface area contributed by atoms with Crippen LogP contribution in [0, 0.1) is 0 Å². The average Bonchev–Trinajstić information content (AvgIpc) is 2.20. The molecule has 16 heavy (non-hydrogen) atoms. The van der Waals surface area contributed by atoms with Crippen molar-refractivity contribution in [3.05, 3.63) is 36.6 Å². The SMILES string of the molecule is C=C(/C=C\C(=C)C(F)(F)F)N(C)CCNC. The Labute approximate surface area is 94.1 Å². The Balaban J connectivity index is 4.24. The van der Waals surface area contributed by atoms with E-state index in [2.05, 4.69) is 18.5 Å². The lowest BCUT2D eigenvalue weighted by Crippen LogP contribution is -2.25. The molecule has 0 aliphatic carbocycles. The molecule has 0 aromatic heterocycles. The lowest BCUT2D eigenvalue weighted by Gasteiger charge is -2.19. The standard InChI is InChI=1S/C11H17F3N2/c1-9(11(12,13)14)5-6-10(2)16(4)8-7-15-3/h5-6,15H,1-2,7-8H2,3-4H3/b6-5-. The second-order valence-electron chi connectivity index (χ2n) is 3.37. The van der Waals surface area contributed by atoms with Crippen molar-refractivity contribution in [2.24, 2.45) is 0 Å². The average molecular weight is 234 g/mol. The van der Waals surface area contributed by atoms with Gasteiger partial charge >= 0.3 is 6.18 Å². The van der Waals surface area contributed by atoms with Crippen LogP contribution < -0.4 is 5.32 Å². The van der Waals surface area contributed by atoms with Gasteiger partial charge in [-0.15, -0.1) is 0 Å². The molecule has 0 aromatic rings. The molecule has 5 heteroatoms. The van der Waals surface area contributed by atoms with Gasteiger partial charge in [0.15, 0.2) is 0 Å². The van der Waals surface area contributed by atoms with Crippen LogP contribution in [0.15, 0.2) is 36.6 Å². The number of nitrogens with zero attached hydrogens (tertiary/aromatic N) is 1.